The van der Waals surface area contributed by atoms with Gasteiger partial charge in [-0.15, -0.1) is 0 Å². The Labute approximate surface area is 149 Å². The Balaban J connectivity index is 1.68. The lowest BCUT2D eigenvalue weighted by Gasteiger charge is -2.35. The fourth-order valence-electron chi connectivity index (χ4n) is 2.56. The van der Waals surface area contributed by atoms with Gasteiger partial charge in [0.05, 0.1) is 0 Å². The molecule has 0 bridgehead atoms. The zero-order valence-corrected chi connectivity index (χ0v) is 15.6. The lowest BCUT2D eigenvalue weighted by Crippen LogP contribution is -2.50. The second kappa shape index (κ2) is 8.34. The van der Waals surface area contributed by atoms with Gasteiger partial charge < -0.3 is 14.4 Å². The number of carbonyl (C=O) groups is 2. The Morgan fingerprint density at radius 3 is 2.16 bits per heavy atom. The second-order valence-corrected chi connectivity index (χ2v) is 7.24. The van der Waals surface area contributed by atoms with E-state index in [0.29, 0.717) is 25.3 Å². The van der Waals surface area contributed by atoms with Gasteiger partial charge in [0.25, 0.3) is 0 Å². The molecule has 1 aliphatic heterocycles. The predicted molar refractivity (Wildman–Crippen MR) is 96.2 cm³/mol. The van der Waals surface area contributed by atoms with Crippen molar-refractivity contribution in [3.63, 3.8) is 0 Å². The van der Waals surface area contributed by atoms with Crippen LogP contribution in [0.15, 0.2) is 24.3 Å². The monoisotopic (exact) mass is 348 g/mol. The molecule has 0 aromatic heterocycles. The lowest BCUT2D eigenvalue weighted by molar-refractivity contribution is 0.0137. The summed E-state index contributed by atoms with van der Waals surface area (Å²) in [5, 5.41) is 0. The zero-order valence-electron chi connectivity index (χ0n) is 15.6. The molecule has 1 fully saturated rings. The molecule has 2 rings (SSSR count). The number of nitrogens with zero attached hydrogens (tertiary/aromatic N) is 2. The first-order valence-electron chi connectivity index (χ1n) is 8.69. The normalized spacial score (nSPS) is 15.8. The maximum atomic E-state index is 12.0. The van der Waals surface area contributed by atoms with Gasteiger partial charge in [-0.3, -0.25) is 9.69 Å². The first-order chi connectivity index (χ1) is 11.7. The molecule has 1 amide bonds. The number of amides is 1. The average Bonchev–Trinajstić information content (AvgIpc) is 2.54. The van der Waals surface area contributed by atoms with Gasteiger partial charge in [-0.05, 0) is 52.0 Å². The predicted octanol–water partition coefficient (Wildman–Crippen LogP) is 2.82. The Morgan fingerprint density at radius 1 is 1.04 bits per heavy atom. The van der Waals surface area contributed by atoms with E-state index in [1.54, 1.807) is 24.0 Å². The number of benzene rings is 1. The Bertz CT molecular complexity index is 584. The molecule has 0 aliphatic carbocycles. The van der Waals surface area contributed by atoms with Gasteiger partial charge in [0.15, 0.2) is 5.78 Å². The highest BCUT2D eigenvalue weighted by Gasteiger charge is 2.25. The van der Waals surface area contributed by atoms with Crippen molar-refractivity contribution in [2.24, 2.45) is 0 Å². The van der Waals surface area contributed by atoms with Crippen molar-refractivity contribution in [3.8, 4) is 5.75 Å². The summed E-state index contributed by atoms with van der Waals surface area (Å²) >= 11 is 0. The van der Waals surface area contributed by atoms with Gasteiger partial charge in [-0.2, -0.15) is 0 Å². The minimum absolute atomic E-state index is 0.0504. The highest BCUT2D eigenvalue weighted by atomic mass is 16.6. The zero-order chi connectivity index (χ0) is 18.4. The van der Waals surface area contributed by atoms with Gasteiger partial charge in [0, 0.05) is 38.3 Å². The van der Waals surface area contributed by atoms with Crippen LogP contribution in [0, 0.1) is 0 Å². The van der Waals surface area contributed by atoms with Crippen LogP contribution in [-0.2, 0) is 4.74 Å². The summed E-state index contributed by atoms with van der Waals surface area (Å²) in [6.07, 6.45) is -0.242. The van der Waals surface area contributed by atoms with Gasteiger partial charge in [0.1, 0.15) is 18.0 Å². The molecule has 1 aromatic rings. The number of piperazine rings is 1. The highest BCUT2D eigenvalue weighted by Crippen LogP contribution is 2.14. The summed E-state index contributed by atoms with van der Waals surface area (Å²) in [6.45, 7) is 11.5. The molecule has 0 unspecified atom stereocenters. The molecule has 0 saturated carbocycles. The quantitative estimate of drug-likeness (QED) is 0.766. The van der Waals surface area contributed by atoms with Crippen molar-refractivity contribution in [1.29, 1.82) is 0 Å². The molecule has 0 radical (unpaired) electrons. The van der Waals surface area contributed by atoms with Crippen LogP contribution in [0.4, 0.5) is 4.79 Å². The summed E-state index contributed by atoms with van der Waals surface area (Å²) < 4.78 is 11.1. The average molecular weight is 348 g/mol. The topological polar surface area (TPSA) is 59.1 Å². The third-order valence-electron chi connectivity index (χ3n) is 3.96. The van der Waals surface area contributed by atoms with E-state index in [9.17, 15) is 9.59 Å². The molecule has 138 valence electrons. The lowest BCUT2D eigenvalue weighted by atomic mass is 10.1. The number of hydrogen-bond donors (Lipinski definition) is 0. The van der Waals surface area contributed by atoms with Crippen LogP contribution in [0.1, 0.15) is 38.1 Å². The molecule has 1 aromatic carbocycles. The van der Waals surface area contributed by atoms with Gasteiger partial charge in [-0.1, -0.05) is 0 Å². The minimum atomic E-state index is -0.458. The third kappa shape index (κ3) is 6.38. The summed E-state index contributed by atoms with van der Waals surface area (Å²) in [5.41, 5.74) is 0.227. The molecular weight excluding hydrogens is 320 g/mol. The van der Waals surface area contributed by atoms with E-state index in [1.165, 1.54) is 0 Å². The van der Waals surface area contributed by atoms with E-state index < -0.39 is 5.60 Å². The second-order valence-electron chi connectivity index (χ2n) is 7.24. The van der Waals surface area contributed by atoms with Crippen molar-refractivity contribution < 1.29 is 19.1 Å². The standard InChI is InChI=1S/C19H28N2O4/c1-15(22)16-5-7-17(8-6-16)24-14-13-20-9-11-21(12-10-20)18(23)25-19(2,3)4/h5-8H,9-14H2,1-4H3. The van der Waals surface area contributed by atoms with Crippen LogP contribution in [0.5, 0.6) is 5.75 Å². The minimum Gasteiger partial charge on any atom is -0.492 e. The molecule has 0 atom stereocenters. The number of carbonyl (C=O) groups excluding carboxylic acids is 2. The van der Waals surface area contributed by atoms with E-state index >= 15 is 0 Å². The number of ketones is 1. The first-order valence-corrected chi connectivity index (χ1v) is 8.69. The van der Waals surface area contributed by atoms with Crippen molar-refractivity contribution >= 4 is 11.9 Å². The molecule has 6 heteroatoms. The van der Waals surface area contributed by atoms with Crippen LogP contribution in [0.25, 0.3) is 0 Å². The molecule has 0 N–H and O–H groups in total. The van der Waals surface area contributed by atoms with Crippen molar-refractivity contribution in [1.82, 2.24) is 9.80 Å². The number of Topliss-reactive ketones (excluding diaryl/α,β-unsaturated/α-hetero) is 1. The summed E-state index contributed by atoms with van der Waals surface area (Å²) in [7, 11) is 0. The summed E-state index contributed by atoms with van der Waals surface area (Å²) in [5.74, 6) is 0.812. The van der Waals surface area contributed by atoms with Crippen molar-refractivity contribution in [3.05, 3.63) is 29.8 Å². The van der Waals surface area contributed by atoms with Gasteiger partial charge in [-0.25, -0.2) is 4.79 Å². The van der Waals surface area contributed by atoms with Crippen LogP contribution in [-0.4, -0.2) is 66.6 Å². The fourth-order valence-corrected chi connectivity index (χ4v) is 2.56. The SMILES string of the molecule is CC(=O)c1ccc(OCCN2CCN(C(=O)OC(C)(C)C)CC2)cc1. The smallest absolute Gasteiger partial charge is 0.410 e. The van der Waals surface area contributed by atoms with Gasteiger partial charge in [0.2, 0.25) is 0 Å². The molecular formula is C19H28N2O4. The van der Waals surface area contributed by atoms with Crippen LogP contribution in [0.3, 0.4) is 0 Å². The van der Waals surface area contributed by atoms with Crippen LogP contribution < -0.4 is 4.74 Å². The van der Waals surface area contributed by atoms with E-state index in [-0.39, 0.29) is 11.9 Å². The number of ether oxygens (including phenoxy) is 2. The largest absolute Gasteiger partial charge is 0.492 e. The molecule has 1 heterocycles. The maximum Gasteiger partial charge on any atom is 0.410 e. The summed E-state index contributed by atoms with van der Waals surface area (Å²) in [6, 6.07) is 7.18. The Kier molecular flexibility index (Phi) is 6.42. The number of hydrogen-bond acceptors (Lipinski definition) is 5. The first kappa shape index (κ1) is 19.2. The Hall–Kier alpha value is -2.08. The molecule has 1 aliphatic rings. The van der Waals surface area contributed by atoms with Crippen molar-refractivity contribution in [2.45, 2.75) is 33.3 Å². The number of rotatable bonds is 5. The van der Waals surface area contributed by atoms with Crippen LogP contribution >= 0.6 is 0 Å². The van der Waals surface area contributed by atoms with Crippen LogP contribution in [0.2, 0.25) is 0 Å². The maximum absolute atomic E-state index is 12.0. The summed E-state index contributed by atoms with van der Waals surface area (Å²) in [4.78, 5) is 27.3. The molecule has 0 spiro atoms. The fraction of sp³-hybridized carbons (Fsp3) is 0.579. The van der Waals surface area contributed by atoms with E-state index in [0.717, 1.165) is 25.4 Å². The van der Waals surface area contributed by atoms with E-state index in [1.807, 2.05) is 32.9 Å². The van der Waals surface area contributed by atoms with Crippen molar-refractivity contribution in [2.75, 3.05) is 39.3 Å². The molecule has 1 saturated heterocycles. The highest BCUT2D eigenvalue weighted by molar-refractivity contribution is 5.94. The molecule has 6 nitrogen and oxygen atoms in total. The third-order valence-corrected chi connectivity index (χ3v) is 3.96. The molecule has 25 heavy (non-hydrogen) atoms. The Morgan fingerprint density at radius 2 is 1.64 bits per heavy atom. The van der Waals surface area contributed by atoms with Gasteiger partial charge >= 0.3 is 6.09 Å². The van der Waals surface area contributed by atoms with E-state index in [2.05, 4.69) is 4.90 Å². The van der Waals surface area contributed by atoms with E-state index in [4.69, 9.17) is 9.47 Å².